The highest BCUT2D eigenvalue weighted by molar-refractivity contribution is 6.30. The fourth-order valence-corrected chi connectivity index (χ4v) is 3.10. The molecular weight excluding hydrogens is 366 g/mol. The number of halogens is 1. The highest BCUT2D eigenvalue weighted by Crippen LogP contribution is 2.33. The summed E-state index contributed by atoms with van der Waals surface area (Å²) >= 11 is 5.97. The van der Waals surface area contributed by atoms with Crippen molar-refractivity contribution >= 4 is 28.3 Å². The number of hydrogen-bond acceptors (Lipinski definition) is 5. The number of nitrogens with zero attached hydrogens (tertiary/aromatic N) is 5. The van der Waals surface area contributed by atoms with Gasteiger partial charge in [-0.1, -0.05) is 35.9 Å². The summed E-state index contributed by atoms with van der Waals surface area (Å²) in [5.74, 6) is 0. The van der Waals surface area contributed by atoms with E-state index < -0.39 is 4.92 Å². The van der Waals surface area contributed by atoms with Crippen LogP contribution in [0, 0.1) is 21.4 Å². The van der Waals surface area contributed by atoms with Gasteiger partial charge >= 0.3 is 0 Å². The lowest BCUT2D eigenvalue weighted by Crippen LogP contribution is -2.00. The molecule has 0 radical (unpaired) electrons. The summed E-state index contributed by atoms with van der Waals surface area (Å²) in [6.07, 6.45) is 2.91. The van der Waals surface area contributed by atoms with E-state index in [1.54, 1.807) is 53.2 Å². The molecule has 0 N–H and O–H groups in total. The molecule has 0 saturated heterocycles. The van der Waals surface area contributed by atoms with Crippen molar-refractivity contribution in [2.24, 2.45) is 0 Å². The molecule has 4 aromatic rings. The fraction of sp³-hybridized carbons (Fsp3) is 0. The number of aromatic nitrogens is 3. The predicted molar refractivity (Wildman–Crippen MR) is 101 cm³/mol. The Balaban J connectivity index is 2.10. The van der Waals surface area contributed by atoms with E-state index in [1.807, 2.05) is 0 Å². The summed E-state index contributed by atoms with van der Waals surface area (Å²) < 4.78 is 1.59. The number of nitro benzene ring substituents is 1. The molecule has 0 spiro atoms. The minimum absolute atomic E-state index is 0.0789. The topological polar surface area (TPSA) is 97.6 Å². The van der Waals surface area contributed by atoms with Gasteiger partial charge in [-0.25, -0.2) is 9.97 Å². The number of fused-ring (bicyclic) bond motifs is 1. The van der Waals surface area contributed by atoms with E-state index in [0.29, 0.717) is 33.0 Å². The van der Waals surface area contributed by atoms with Gasteiger partial charge in [-0.15, -0.1) is 0 Å². The molecule has 0 aliphatic carbocycles. The average molecular weight is 376 g/mol. The van der Waals surface area contributed by atoms with Crippen LogP contribution < -0.4 is 0 Å². The van der Waals surface area contributed by atoms with Crippen LogP contribution in [0.1, 0.15) is 5.56 Å². The van der Waals surface area contributed by atoms with Crippen LogP contribution >= 0.6 is 11.6 Å². The van der Waals surface area contributed by atoms with Crippen LogP contribution in [0.4, 0.5) is 5.69 Å². The largest absolute Gasteiger partial charge is 0.306 e. The molecule has 8 heteroatoms. The second kappa shape index (κ2) is 6.52. The van der Waals surface area contributed by atoms with E-state index in [-0.39, 0.29) is 5.69 Å². The molecule has 130 valence electrons. The van der Waals surface area contributed by atoms with Crippen LogP contribution in [-0.2, 0) is 0 Å². The molecule has 0 aliphatic rings. The maximum atomic E-state index is 11.5. The molecule has 0 fully saturated rings. The van der Waals surface area contributed by atoms with Gasteiger partial charge in [0, 0.05) is 22.8 Å². The number of hydrogen-bond donors (Lipinski definition) is 0. The summed E-state index contributed by atoms with van der Waals surface area (Å²) in [6, 6.07) is 15.5. The number of benzene rings is 2. The van der Waals surface area contributed by atoms with Gasteiger partial charge < -0.3 is 4.57 Å². The van der Waals surface area contributed by atoms with Crippen LogP contribution in [0.25, 0.3) is 28.0 Å². The summed E-state index contributed by atoms with van der Waals surface area (Å²) in [5, 5.41) is 21.6. The van der Waals surface area contributed by atoms with Crippen molar-refractivity contribution in [2.45, 2.75) is 0 Å². The number of nitriles is 1. The fourth-order valence-electron chi connectivity index (χ4n) is 2.97. The molecule has 0 atom stereocenters. The van der Waals surface area contributed by atoms with Gasteiger partial charge in [-0.3, -0.25) is 10.1 Å². The maximum absolute atomic E-state index is 11.5. The van der Waals surface area contributed by atoms with E-state index >= 15 is 0 Å². The van der Waals surface area contributed by atoms with Gasteiger partial charge in [0.1, 0.15) is 23.6 Å². The Morgan fingerprint density at radius 2 is 1.85 bits per heavy atom. The van der Waals surface area contributed by atoms with Gasteiger partial charge in [0.2, 0.25) is 0 Å². The molecule has 4 rings (SSSR count). The summed E-state index contributed by atoms with van der Waals surface area (Å²) in [5.41, 5.74) is 2.82. The monoisotopic (exact) mass is 375 g/mol. The first-order valence-corrected chi connectivity index (χ1v) is 8.24. The van der Waals surface area contributed by atoms with Crippen molar-refractivity contribution in [2.75, 3.05) is 0 Å². The Bertz CT molecular complexity index is 1230. The van der Waals surface area contributed by atoms with Crippen molar-refractivity contribution < 1.29 is 4.92 Å². The quantitative estimate of drug-likeness (QED) is 0.387. The first-order valence-electron chi connectivity index (χ1n) is 7.86. The molecule has 0 amide bonds. The molecule has 27 heavy (non-hydrogen) atoms. The van der Waals surface area contributed by atoms with Crippen LogP contribution in [-0.4, -0.2) is 19.5 Å². The Labute approximate surface area is 158 Å². The molecule has 0 saturated carbocycles. The number of rotatable bonds is 3. The van der Waals surface area contributed by atoms with E-state index in [4.69, 9.17) is 11.6 Å². The lowest BCUT2D eigenvalue weighted by Gasteiger charge is -2.09. The lowest BCUT2D eigenvalue weighted by molar-refractivity contribution is -0.384. The molecule has 7 nitrogen and oxygen atoms in total. The van der Waals surface area contributed by atoms with E-state index in [0.717, 1.165) is 5.56 Å². The molecule has 0 bridgehead atoms. The van der Waals surface area contributed by atoms with Crippen molar-refractivity contribution in [3.05, 3.63) is 81.8 Å². The van der Waals surface area contributed by atoms with Gasteiger partial charge in [-0.05, 0) is 18.2 Å². The van der Waals surface area contributed by atoms with Crippen molar-refractivity contribution in [1.82, 2.24) is 14.5 Å². The summed E-state index contributed by atoms with van der Waals surface area (Å²) in [4.78, 5) is 19.6. The first-order chi connectivity index (χ1) is 13.1. The van der Waals surface area contributed by atoms with Crippen LogP contribution in [0.15, 0.2) is 61.1 Å². The minimum atomic E-state index is -0.459. The molecule has 0 aliphatic heterocycles. The third-order valence-corrected chi connectivity index (χ3v) is 4.40. The number of para-hydroxylation sites is 2. The van der Waals surface area contributed by atoms with Crippen molar-refractivity contribution in [1.29, 1.82) is 5.26 Å². The smallest absolute Gasteiger partial charge is 0.293 e. The Kier molecular flexibility index (Phi) is 4.03. The van der Waals surface area contributed by atoms with E-state index in [1.165, 1.54) is 12.4 Å². The van der Waals surface area contributed by atoms with E-state index in [2.05, 4.69) is 16.0 Å². The molecule has 2 heterocycles. The first kappa shape index (κ1) is 16.7. The lowest BCUT2D eigenvalue weighted by atomic mass is 10.1. The average Bonchev–Trinajstić information content (AvgIpc) is 3.07. The van der Waals surface area contributed by atoms with Crippen molar-refractivity contribution in [3.8, 4) is 23.0 Å². The molecule has 2 aromatic heterocycles. The zero-order valence-electron chi connectivity index (χ0n) is 13.7. The van der Waals surface area contributed by atoms with Gasteiger partial charge in [0.25, 0.3) is 5.69 Å². The molecule has 2 aromatic carbocycles. The number of nitro groups is 1. The standard InChI is InChI=1S/C19H10ClN5O2/c20-14-7-5-12(6-8-14)17-19-18(23-11-22-17)13(9-21)10-24(19)15-3-1-2-4-16(15)25(26)27/h1-8,10-11H. The van der Waals surface area contributed by atoms with Gasteiger partial charge in [0.15, 0.2) is 0 Å². The Morgan fingerprint density at radius 1 is 1.11 bits per heavy atom. The summed E-state index contributed by atoms with van der Waals surface area (Å²) in [7, 11) is 0. The third kappa shape index (κ3) is 2.78. The third-order valence-electron chi connectivity index (χ3n) is 4.15. The zero-order valence-corrected chi connectivity index (χ0v) is 14.5. The molecular formula is C19H10ClN5O2. The summed E-state index contributed by atoms with van der Waals surface area (Å²) in [6.45, 7) is 0. The highest BCUT2D eigenvalue weighted by atomic mass is 35.5. The maximum Gasteiger partial charge on any atom is 0.293 e. The van der Waals surface area contributed by atoms with Crippen LogP contribution in [0.2, 0.25) is 5.02 Å². The Hall–Kier alpha value is -3.76. The van der Waals surface area contributed by atoms with Gasteiger partial charge in [-0.2, -0.15) is 5.26 Å². The molecule has 0 unspecified atom stereocenters. The normalized spacial score (nSPS) is 10.7. The minimum Gasteiger partial charge on any atom is -0.306 e. The zero-order chi connectivity index (χ0) is 19.0. The van der Waals surface area contributed by atoms with Crippen molar-refractivity contribution in [3.63, 3.8) is 0 Å². The van der Waals surface area contributed by atoms with Crippen LogP contribution in [0.3, 0.4) is 0 Å². The Morgan fingerprint density at radius 3 is 2.56 bits per heavy atom. The highest BCUT2D eigenvalue weighted by Gasteiger charge is 2.21. The SMILES string of the molecule is N#Cc1cn(-c2ccccc2[N+](=O)[O-])c2c(-c3ccc(Cl)cc3)ncnc12. The van der Waals surface area contributed by atoms with Gasteiger partial charge in [0.05, 0.1) is 21.7 Å². The predicted octanol–water partition coefficient (Wildman–Crippen LogP) is 4.52. The second-order valence-corrected chi connectivity index (χ2v) is 6.13. The van der Waals surface area contributed by atoms with Crippen LogP contribution in [0.5, 0.6) is 0 Å². The second-order valence-electron chi connectivity index (χ2n) is 5.70. The van der Waals surface area contributed by atoms with E-state index in [9.17, 15) is 15.4 Å².